The Kier molecular flexibility index (Phi) is 4.51. The molecule has 1 aliphatic carbocycles. The Morgan fingerprint density at radius 1 is 1.54 bits per heavy atom. The molecular weight excluding hydrogens is 160 g/mol. The predicted octanol–water partition coefficient (Wildman–Crippen LogP) is 3.14. The van der Waals surface area contributed by atoms with E-state index in [9.17, 15) is 0 Å². The van der Waals surface area contributed by atoms with E-state index in [0.29, 0.717) is 5.92 Å². The van der Waals surface area contributed by atoms with Crippen molar-refractivity contribution in [3.05, 3.63) is 11.6 Å². The number of aliphatic hydroxyl groups excluding tert-OH is 1. The molecule has 1 aliphatic rings. The molecule has 0 aromatic carbocycles. The Hall–Kier alpha value is -0.300. The Bertz CT molecular complexity index is 172. The van der Waals surface area contributed by atoms with Crippen molar-refractivity contribution < 1.29 is 5.11 Å². The number of allylic oxidation sites excluding steroid dienone is 1. The van der Waals surface area contributed by atoms with Crippen LogP contribution in [0.5, 0.6) is 0 Å². The third kappa shape index (κ3) is 3.15. The molecule has 2 unspecified atom stereocenters. The van der Waals surface area contributed by atoms with Crippen LogP contribution in [0.2, 0.25) is 0 Å². The van der Waals surface area contributed by atoms with Crippen LogP contribution in [0.15, 0.2) is 11.6 Å². The lowest BCUT2D eigenvalue weighted by Gasteiger charge is -2.06. The highest BCUT2D eigenvalue weighted by Gasteiger charge is 2.24. The maximum atomic E-state index is 8.83. The summed E-state index contributed by atoms with van der Waals surface area (Å²) < 4.78 is 0. The van der Waals surface area contributed by atoms with Crippen molar-refractivity contribution in [3.63, 3.8) is 0 Å². The van der Waals surface area contributed by atoms with E-state index >= 15 is 0 Å². The van der Waals surface area contributed by atoms with Gasteiger partial charge in [-0.15, -0.1) is 0 Å². The highest BCUT2D eigenvalue weighted by atomic mass is 16.2. The molecule has 0 aromatic heterocycles. The predicted molar refractivity (Wildman–Crippen MR) is 56.6 cm³/mol. The second-order valence-electron chi connectivity index (χ2n) is 4.31. The van der Waals surface area contributed by atoms with Gasteiger partial charge >= 0.3 is 0 Å². The van der Waals surface area contributed by atoms with Crippen LogP contribution in [0.1, 0.15) is 46.0 Å². The van der Waals surface area contributed by atoms with E-state index < -0.39 is 0 Å². The fraction of sp³-hybridized carbons (Fsp3) is 0.833. The van der Waals surface area contributed by atoms with Gasteiger partial charge in [0.15, 0.2) is 0 Å². The summed E-state index contributed by atoms with van der Waals surface area (Å²) >= 11 is 0. The van der Waals surface area contributed by atoms with Gasteiger partial charge < -0.3 is 5.11 Å². The highest BCUT2D eigenvalue weighted by Crippen LogP contribution is 2.37. The minimum absolute atomic E-state index is 0.222. The average Bonchev–Trinajstić information content (AvgIpc) is 2.45. The Morgan fingerprint density at radius 2 is 2.31 bits per heavy atom. The van der Waals surface area contributed by atoms with Gasteiger partial charge in [0.25, 0.3) is 0 Å². The summed E-state index contributed by atoms with van der Waals surface area (Å²) in [7, 11) is 0. The van der Waals surface area contributed by atoms with Crippen molar-refractivity contribution in [2.45, 2.75) is 46.0 Å². The molecule has 0 aliphatic heterocycles. The van der Waals surface area contributed by atoms with Gasteiger partial charge in [-0.05, 0) is 24.7 Å². The third-order valence-electron chi connectivity index (χ3n) is 3.16. The third-order valence-corrected chi connectivity index (χ3v) is 3.16. The van der Waals surface area contributed by atoms with Gasteiger partial charge in [-0.3, -0.25) is 0 Å². The van der Waals surface area contributed by atoms with E-state index in [1.54, 1.807) is 0 Å². The van der Waals surface area contributed by atoms with Gasteiger partial charge in [-0.25, -0.2) is 0 Å². The van der Waals surface area contributed by atoms with Gasteiger partial charge in [0.1, 0.15) is 0 Å². The molecule has 1 heteroatoms. The fourth-order valence-electron chi connectivity index (χ4n) is 2.38. The lowest BCUT2D eigenvalue weighted by atomic mass is 10.00. The van der Waals surface area contributed by atoms with E-state index in [1.165, 1.54) is 37.7 Å². The average molecular weight is 182 g/mol. The van der Waals surface area contributed by atoms with E-state index in [2.05, 4.69) is 13.8 Å². The molecule has 1 nitrogen and oxygen atoms in total. The monoisotopic (exact) mass is 182 g/mol. The normalized spacial score (nSPS) is 31.5. The summed E-state index contributed by atoms with van der Waals surface area (Å²) in [5, 5.41) is 8.83. The number of rotatable bonds is 4. The second-order valence-corrected chi connectivity index (χ2v) is 4.31. The molecule has 1 fully saturated rings. The Morgan fingerprint density at radius 3 is 2.92 bits per heavy atom. The van der Waals surface area contributed by atoms with Crippen LogP contribution in [-0.4, -0.2) is 11.7 Å². The molecular formula is C12H22O. The summed E-state index contributed by atoms with van der Waals surface area (Å²) in [6.45, 7) is 4.76. The number of unbranched alkanes of at least 4 members (excludes halogenated alkanes) is 1. The fourth-order valence-corrected chi connectivity index (χ4v) is 2.38. The zero-order chi connectivity index (χ0) is 9.68. The highest BCUT2D eigenvalue weighted by molar-refractivity contribution is 5.12. The summed E-state index contributed by atoms with van der Waals surface area (Å²) in [6.07, 6.45) is 8.64. The molecule has 13 heavy (non-hydrogen) atoms. The summed E-state index contributed by atoms with van der Waals surface area (Å²) in [4.78, 5) is 0. The van der Waals surface area contributed by atoms with Crippen LogP contribution in [0.3, 0.4) is 0 Å². The number of aliphatic hydroxyl groups is 1. The summed E-state index contributed by atoms with van der Waals surface area (Å²) in [5.41, 5.74) is 1.49. The smallest absolute Gasteiger partial charge is 0.0615 e. The molecule has 2 atom stereocenters. The van der Waals surface area contributed by atoms with Crippen molar-refractivity contribution >= 4 is 0 Å². The zero-order valence-electron chi connectivity index (χ0n) is 8.92. The molecule has 0 amide bonds. The van der Waals surface area contributed by atoms with E-state index in [0.717, 1.165) is 5.92 Å². The van der Waals surface area contributed by atoms with Gasteiger partial charge in [-0.1, -0.05) is 44.8 Å². The first kappa shape index (κ1) is 10.8. The van der Waals surface area contributed by atoms with Crippen molar-refractivity contribution in [2.75, 3.05) is 6.61 Å². The molecule has 0 heterocycles. The van der Waals surface area contributed by atoms with Crippen molar-refractivity contribution in [3.8, 4) is 0 Å². The molecule has 0 bridgehead atoms. The Balaban J connectivity index is 2.36. The van der Waals surface area contributed by atoms with Crippen LogP contribution in [0.25, 0.3) is 0 Å². The van der Waals surface area contributed by atoms with E-state index in [4.69, 9.17) is 5.11 Å². The van der Waals surface area contributed by atoms with Crippen LogP contribution in [0, 0.1) is 11.8 Å². The van der Waals surface area contributed by atoms with Gasteiger partial charge in [-0.2, -0.15) is 0 Å². The quantitative estimate of drug-likeness (QED) is 0.662. The molecule has 1 rings (SSSR count). The molecule has 0 spiro atoms. The van der Waals surface area contributed by atoms with Gasteiger partial charge in [0.2, 0.25) is 0 Å². The first-order valence-corrected chi connectivity index (χ1v) is 5.57. The molecule has 0 aromatic rings. The van der Waals surface area contributed by atoms with E-state index in [1.807, 2.05) is 6.08 Å². The van der Waals surface area contributed by atoms with Gasteiger partial charge in [0, 0.05) is 0 Å². The number of hydrogen-bond acceptors (Lipinski definition) is 1. The van der Waals surface area contributed by atoms with Crippen molar-refractivity contribution in [1.29, 1.82) is 0 Å². The van der Waals surface area contributed by atoms with Crippen molar-refractivity contribution in [1.82, 2.24) is 0 Å². The SMILES string of the molecule is CCCCC1CC(=CCO)C(C)C1. The van der Waals surface area contributed by atoms with Gasteiger partial charge in [0.05, 0.1) is 6.61 Å². The zero-order valence-corrected chi connectivity index (χ0v) is 8.92. The molecule has 1 saturated carbocycles. The Labute approximate surface area is 81.9 Å². The first-order valence-electron chi connectivity index (χ1n) is 5.57. The lowest BCUT2D eigenvalue weighted by molar-refractivity contribution is 0.341. The molecule has 1 N–H and O–H groups in total. The standard InChI is InChI=1S/C12H22O/c1-3-4-5-11-8-10(2)12(9-11)6-7-13/h6,10-11,13H,3-5,7-9H2,1-2H3. The van der Waals surface area contributed by atoms with Crippen LogP contribution >= 0.6 is 0 Å². The second kappa shape index (κ2) is 5.43. The minimum Gasteiger partial charge on any atom is -0.392 e. The maximum Gasteiger partial charge on any atom is 0.0615 e. The number of hydrogen-bond donors (Lipinski definition) is 1. The first-order chi connectivity index (χ1) is 6.27. The van der Waals surface area contributed by atoms with Crippen LogP contribution in [-0.2, 0) is 0 Å². The largest absolute Gasteiger partial charge is 0.392 e. The minimum atomic E-state index is 0.222. The molecule has 0 saturated heterocycles. The maximum absolute atomic E-state index is 8.83. The summed E-state index contributed by atoms with van der Waals surface area (Å²) in [6, 6.07) is 0. The van der Waals surface area contributed by atoms with Crippen molar-refractivity contribution in [2.24, 2.45) is 11.8 Å². The van der Waals surface area contributed by atoms with Crippen LogP contribution in [0.4, 0.5) is 0 Å². The summed E-state index contributed by atoms with van der Waals surface area (Å²) in [5.74, 6) is 1.61. The van der Waals surface area contributed by atoms with E-state index in [-0.39, 0.29) is 6.61 Å². The topological polar surface area (TPSA) is 20.2 Å². The van der Waals surface area contributed by atoms with Crippen LogP contribution < -0.4 is 0 Å². The molecule has 76 valence electrons. The molecule has 0 radical (unpaired) electrons. The lowest BCUT2D eigenvalue weighted by Crippen LogP contribution is -1.93.